The van der Waals surface area contributed by atoms with Gasteiger partial charge in [-0.3, -0.25) is 0 Å². The van der Waals surface area contributed by atoms with Gasteiger partial charge in [-0.2, -0.15) is 13.2 Å². The van der Waals surface area contributed by atoms with E-state index in [1.807, 2.05) is 24.3 Å². The molecule has 1 fully saturated rings. The number of piperidine rings is 1. The average Bonchev–Trinajstić information content (AvgIpc) is 3.07. The number of anilines is 2. The Bertz CT molecular complexity index is 1230. The minimum atomic E-state index is -4.73. The van der Waals surface area contributed by atoms with E-state index in [2.05, 4.69) is 5.32 Å². The number of benzene rings is 2. The molecular weight excluding hydrogens is 517 g/mol. The van der Waals surface area contributed by atoms with Crippen LogP contribution in [0.3, 0.4) is 0 Å². The number of para-hydroxylation sites is 1. The number of ether oxygens (including phenoxy) is 2. The molecule has 3 N–H and O–H groups in total. The predicted molar refractivity (Wildman–Crippen MR) is 137 cm³/mol. The zero-order valence-electron chi connectivity index (χ0n) is 21.7. The van der Waals surface area contributed by atoms with Crippen molar-refractivity contribution >= 4 is 29.8 Å². The molecule has 0 aromatic heterocycles. The number of carbonyl (C=O) groups is 3. The Morgan fingerprint density at radius 2 is 1.87 bits per heavy atom. The van der Waals surface area contributed by atoms with Crippen molar-refractivity contribution in [2.45, 2.75) is 50.6 Å². The van der Waals surface area contributed by atoms with Gasteiger partial charge in [-0.15, -0.1) is 0 Å². The van der Waals surface area contributed by atoms with Crippen molar-refractivity contribution in [3.63, 3.8) is 0 Å². The van der Waals surface area contributed by atoms with Crippen molar-refractivity contribution in [2.24, 2.45) is 0 Å². The molecule has 210 valence electrons. The fraction of sp³-hybridized carbons (Fsp3) is 0.444. The highest BCUT2D eigenvalue weighted by Crippen LogP contribution is 2.38. The van der Waals surface area contributed by atoms with Crippen molar-refractivity contribution in [1.29, 1.82) is 0 Å². The molecular formula is C27H31F3N4O5. The third kappa shape index (κ3) is 6.11. The minimum absolute atomic E-state index is 0.0319. The van der Waals surface area contributed by atoms with E-state index < -0.39 is 35.7 Å². The summed E-state index contributed by atoms with van der Waals surface area (Å²) in [6.07, 6.45) is -4.82. The second-order valence-corrected chi connectivity index (χ2v) is 9.70. The summed E-state index contributed by atoms with van der Waals surface area (Å²) in [5.74, 6) is -1.31. The molecule has 0 aliphatic carbocycles. The number of rotatable bonds is 6. The number of aldehydes is 1. The number of urea groups is 1. The number of amides is 3. The second-order valence-electron chi connectivity index (χ2n) is 9.70. The quantitative estimate of drug-likeness (QED) is 0.311. The topological polar surface area (TPSA) is 114 Å². The van der Waals surface area contributed by atoms with E-state index >= 15 is 0 Å². The van der Waals surface area contributed by atoms with Crippen molar-refractivity contribution in [1.82, 2.24) is 9.80 Å². The number of carbonyl (C=O) groups excluding carboxylic acids is 3. The van der Waals surface area contributed by atoms with E-state index in [-0.39, 0.29) is 23.2 Å². The van der Waals surface area contributed by atoms with E-state index in [9.17, 15) is 27.6 Å². The Labute approximate surface area is 224 Å². The molecule has 2 heterocycles. The van der Waals surface area contributed by atoms with Gasteiger partial charge in [0.1, 0.15) is 12.2 Å². The van der Waals surface area contributed by atoms with Gasteiger partial charge in [-0.25, -0.2) is 9.59 Å². The molecule has 1 unspecified atom stereocenters. The van der Waals surface area contributed by atoms with E-state index in [1.54, 1.807) is 4.90 Å². The lowest BCUT2D eigenvalue weighted by Gasteiger charge is -2.38. The van der Waals surface area contributed by atoms with Gasteiger partial charge in [0.25, 0.3) is 0 Å². The number of alkyl halides is 3. The maximum Gasteiger partial charge on any atom is 0.418 e. The first kappa shape index (κ1) is 28.2. The van der Waals surface area contributed by atoms with Gasteiger partial charge >= 0.3 is 18.3 Å². The van der Waals surface area contributed by atoms with Crippen LogP contribution in [-0.2, 0) is 26.9 Å². The highest BCUT2D eigenvalue weighted by atomic mass is 19.4. The summed E-state index contributed by atoms with van der Waals surface area (Å²) in [6.45, 7) is 2.53. The van der Waals surface area contributed by atoms with Crippen LogP contribution in [0.5, 0.6) is 0 Å². The van der Waals surface area contributed by atoms with Crippen LogP contribution in [0, 0.1) is 6.92 Å². The van der Waals surface area contributed by atoms with Gasteiger partial charge in [-0.1, -0.05) is 24.3 Å². The SMILES string of the molecule is COC(OC(=O)N1CCC(N2CCc3ccccc3NC2=O)CC1)[C@H](C=O)c1cc(C)c(N)c(C(F)(F)F)c1. The molecule has 2 aromatic rings. The lowest BCUT2D eigenvalue weighted by atomic mass is 9.94. The molecule has 39 heavy (non-hydrogen) atoms. The van der Waals surface area contributed by atoms with E-state index in [4.69, 9.17) is 15.2 Å². The zero-order valence-corrected chi connectivity index (χ0v) is 21.7. The number of likely N-dealkylation sites (tertiary alicyclic amines) is 1. The highest BCUT2D eigenvalue weighted by Gasteiger charge is 2.37. The standard InChI is InChI=1S/C27H31F3N4O5/c1-16-13-18(14-21(23(16)31)27(28,29)30)20(15-35)24(38-2)39-26(37)33-10-8-19(9-11-33)34-12-7-17-5-3-4-6-22(17)32-25(34)36/h3-6,13-15,19-20,24H,7-12,31H2,1-2H3,(H,32,36)/t20-,24?/m1/s1. The van der Waals surface area contributed by atoms with Crippen molar-refractivity contribution in [3.05, 3.63) is 58.7 Å². The molecule has 1 saturated heterocycles. The molecule has 2 aliphatic heterocycles. The van der Waals surface area contributed by atoms with Crippen LogP contribution < -0.4 is 11.1 Å². The normalized spacial score (nSPS) is 18.0. The number of nitrogens with one attached hydrogen (secondary N) is 1. The smallest absolute Gasteiger partial charge is 0.418 e. The Hall–Kier alpha value is -3.80. The van der Waals surface area contributed by atoms with Gasteiger partial charge < -0.3 is 35.1 Å². The first-order chi connectivity index (χ1) is 18.5. The summed E-state index contributed by atoms with van der Waals surface area (Å²) in [7, 11) is 1.20. The molecule has 0 bridgehead atoms. The number of nitrogen functional groups attached to an aromatic ring is 1. The third-order valence-electron chi connectivity index (χ3n) is 7.29. The van der Waals surface area contributed by atoms with Gasteiger partial charge in [0.2, 0.25) is 6.29 Å². The Morgan fingerprint density at radius 1 is 1.18 bits per heavy atom. The predicted octanol–water partition coefficient (Wildman–Crippen LogP) is 4.54. The van der Waals surface area contributed by atoms with Crippen molar-refractivity contribution < 1.29 is 37.0 Å². The fourth-order valence-electron chi connectivity index (χ4n) is 5.09. The summed E-state index contributed by atoms with van der Waals surface area (Å²) in [5, 5.41) is 2.95. The van der Waals surface area contributed by atoms with E-state index in [0.29, 0.717) is 45.2 Å². The molecule has 2 aliphatic rings. The lowest BCUT2D eigenvalue weighted by Crippen LogP contribution is -2.50. The summed E-state index contributed by atoms with van der Waals surface area (Å²) >= 11 is 0. The number of fused-ring (bicyclic) bond motifs is 1. The van der Waals surface area contributed by atoms with Gasteiger partial charge in [-0.05, 0) is 55.0 Å². The molecule has 2 aromatic carbocycles. The molecule has 0 spiro atoms. The Kier molecular flexibility index (Phi) is 8.34. The van der Waals surface area contributed by atoms with Crippen molar-refractivity contribution in [3.8, 4) is 0 Å². The first-order valence-corrected chi connectivity index (χ1v) is 12.6. The molecule has 2 atom stereocenters. The monoisotopic (exact) mass is 548 g/mol. The Morgan fingerprint density at radius 3 is 2.51 bits per heavy atom. The van der Waals surface area contributed by atoms with Gasteiger partial charge in [0.05, 0.1) is 5.56 Å². The van der Waals surface area contributed by atoms with E-state index in [1.165, 1.54) is 25.0 Å². The fourth-order valence-corrected chi connectivity index (χ4v) is 5.09. The molecule has 9 nitrogen and oxygen atoms in total. The summed E-state index contributed by atoms with van der Waals surface area (Å²) in [6, 6.07) is 9.49. The molecule has 0 saturated carbocycles. The maximum absolute atomic E-state index is 13.5. The number of nitrogens with two attached hydrogens (primary N) is 1. The summed E-state index contributed by atoms with van der Waals surface area (Å²) < 4.78 is 51.1. The number of aryl methyl sites for hydroxylation is 1. The first-order valence-electron chi connectivity index (χ1n) is 12.6. The largest absolute Gasteiger partial charge is 0.418 e. The lowest BCUT2D eigenvalue weighted by molar-refractivity contribution is -0.138. The summed E-state index contributed by atoms with van der Waals surface area (Å²) in [4.78, 5) is 40.9. The molecule has 4 rings (SSSR count). The Balaban J connectivity index is 1.40. The average molecular weight is 549 g/mol. The third-order valence-corrected chi connectivity index (χ3v) is 7.29. The zero-order chi connectivity index (χ0) is 28.3. The van der Waals surface area contributed by atoms with Crippen LogP contribution in [0.4, 0.5) is 34.1 Å². The number of nitrogens with zero attached hydrogens (tertiary/aromatic N) is 2. The molecule has 12 heteroatoms. The van der Waals surface area contributed by atoms with Crippen LogP contribution in [-0.4, -0.2) is 67.3 Å². The van der Waals surface area contributed by atoms with Crippen LogP contribution in [0.1, 0.15) is 41.0 Å². The maximum atomic E-state index is 13.5. The summed E-state index contributed by atoms with van der Waals surface area (Å²) in [5.41, 5.74) is 6.05. The number of hydrogen-bond acceptors (Lipinski definition) is 6. The minimum Gasteiger partial charge on any atom is -0.418 e. The number of halogens is 3. The van der Waals surface area contributed by atoms with E-state index in [0.717, 1.165) is 17.3 Å². The highest BCUT2D eigenvalue weighted by molar-refractivity contribution is 5.91. The number of methoxy groups -OCH3 is 1. The second kappa shape index (κ2) is 11.5. The van der Waals surface area contributed by atoms with Crippen LogP contribution in [0.2, 0.25) is 0 Å². The van der Waals surface area contributed by atoms with Crippen LogP contribution in [0.15, 0.2) is 36.4 Å². The van der Waals surface area contributed by atoms with Gasteiger partial charge in [0, 0.05) is 44.2 Å². The van der Waals surface area contributed by atoms with Crippen LogP contribution >= 0.6 is 0 Å². The molecule has 3 amide bonds. The van der Waals surface area contributed by atoms with Crippen LogP contribution in [0.25, 0.3) is 0 Å². The van der Waals surface area contributed by atoms with Gasteiger partial charge in [0.15, 0.2) is 0 Å². The van der Waals surface area contributed by atoms with Crippen molar-refractivity contribution in [2.75, 3.05) is 37.8 Å². The number of hydrogen-bond donors (Lipinski definition) is 2. The molecule has 0 radical (unpaired) electrons.